The zero-order valence-corrected chi connectivity index (χ0v) is 10.8. The van der Waals surface area contributed by atoms with Crippen LogP contribution in [-0.2, 0) is 0 Å². The van der Waals surface area contributed by atoms with Gasteiger partial charge < -0.3 is 10.2 Å². The normalized spacial score (nSPS) is 20.8. The number of nitrogens with one attached hydrogen (secondary N) is 1. The molecule has 0 radical (unpaired) electrons. The first-order chi connectivity index (χ1) is 7.20. The molecule has 0 atom stereocenters. The van der Waals surface area contributed by atoms with Crippen LogP contribution in [0.2, 0.25) is 0 Å². The van der Waals surface area contributed by atoms with Crippen molar-refractivity contribution in [1.29, 1.82) is 0 Å². The van der Waals surface area contributed by atoms with E-state index in [0.717, 1.165) is 0 Å². The standard InChI is InChI=1S/C13H28N2/c1-4-10-15(11-5-2)12-13(3)6-8-14-9-7-13/h14H,4-12H2,1-3H3. The maximum atomic E-state index is 3.46. The van der Waals surface area contributed by atoms with Gasteiger partial charge in [0.2, 0.25) is 0 Å². The zero-order valence-electron chi connectivity index (χ0n) is 10.8. The summed E-state index contributed by atoms with van der Waals surface area (Å²) in [4.78, 5) is 2.66. The van der Waals surface area contributed by atoms with Crippen molar-refractivity contribution < 1.29 is 0 Å². The van der Waals surface area contributed by atoms with Crippen LogP contribution in [0, 0.1) is 5.41 Å². The molecule has 0 aromatic heterocycles. The highest BCUT2D eigenvalue weighted by molar-refractivity contribution is 4.83. The predicted octanol–water partition coefficient (Wildman–Crippen LogP) is 2.50. The first-order valence-corrected chi connectivity index (χ1v) is 6.63. The van der Waals surface area contributed by atoms with Gasteiger partial charge in [-0.15, -0.1) is 0 Å². The van der Waals surface area contributed by atoms with Crippen LogP contribution < -0.4 is 5.32 Å². The SMILES string of the molecule is CCCN(CCC)CC1(C)CCNCC1. The van der Waals surface area contributed by atoms with Gasteiger partial charge in [-0.1, -0.05) is 20.8 Å². The topological polar surface area (TPSA) is 15.3 Å². The van der Waals surface area contributed by atoms with Crippen molar-refractivity contribution in [3.05, 3.63) is 0 Å². The van der Waals surface area contributed by atoms with E-state index in [9.17, 15) is 0 Å². The molecule has 1 heterocycles. The second kappa shape index (κ2) is 6.49. The molecule has 0 amide bonds. The molecule has 0 saturated carbocycles. The largest absolute Gasteiger partial charge is 0.317 e. The van der Waals surface area contributed by atoms with Crippen molar-refractivity contribution in [3.63, 3.8) is 0 Å². The molecular formula is C13H28N2. The molecule has 90 valence electrons. The van der Waals surface area contributed by atoms with E-state index in [1.165, 1.54) is 58.4 Å². The molecule has 15 heavy (non-hydrogen) atoms. The third kappa shape index (κ3) is 4.52. The number of nitrogens with zero attached hydrogens (tertiary/aromatic N) is 1. The fourth-order valence-corrected chi connectivity index (χ4v) is 2.63. The minimum absolute atomic E-state index is 0.565. The van der Waals surface area contributed by atoms with E-state index in [4.69, 9.17) is 0 Å². The Morgan fingerprint density at radius 1 is 1.07 bits per heavy atom. The van der Waals surface area contributed by atoms with Gasteiger partial charge in [0.25, 0.3) is 0 Å². The lowest BCUT2D eigenvalue weighted by Crippen LogP contribution is -2.43. The molecule has 2 nitrogen and oxygen atoms in total. The lowest BCUT2D eigenvalue weighted by molar-refractivity contribution is 0.128. The van der Waals surface area contributed by atoms with Gasteiger partial charge in [0.05, 0.1) is 0 Å². The van der Waals surface area contributed by atoms with E-state index in [0.29, 0.717) is 5.41 Å². The van der Waals surface area contributed by atoms with Crippen molar-refractivity contribution in [1.82, 2.24) is 10.2 Å². The highest BCUT2D eigenvalue weighted by Gasteiger charge is 2.28. The van der Waals surface area contributed by atoms with Gasteiger partial charge >= 0.3 is 0 Å². The van der Waals surface area contributed by atoms with Crippen molar-refractivity contribution in [2.75, 3.05) is 32.7 Å². The Labute approximate surface area is 95.4 Å². The Hall–Kier alpha value is -0.0800. The summed E-state index contributed by atoms with van der Waals surface area (Å²) < 4.78 is 0. The van der Waals surface area contributed by atoms with Crippen LogP contribution >= 0.6 is 0 Å². The summed E-state index contributed by atoms with van der Waals surface area (Å²) in [5, 5.41) is 3.46. The average molecular weight is 212 g/mol. The Balaban J connectivity index is 2.39. The minimum atomic E-state index is 0.565. The monoisotopic (exact) mass is 212 g/mol. The number of rotatable bonds is 6. The van der Waals surface area contributed by atoms with E-state index in [1.54, 1.807) is 0 Å². The van der Waals surface area contributed by atoms with E-state index >= 15 is 0 Å². The third-order valence-corrected chi connectivity index (χ3v) is 3.50. The molecular weight excluding hydrogens is 184 g/mol. The van der Waals surface area contributed by atoms with E-state index in [-0.39, 0.29) is 0 Å². The van der Waals surface area contributed by atoms with Crippen LogP contribution in [0.4, 0.5) is 0 Å². The summed E-state index contributed by atoms with van der Waals surface area (Å²) in [5.74, 6) is 0. The third-order valence-electron chi connectivity index (χ3n) is 3.50. The smallest absolute Gasteiger partial charge is 0.00363 e. The summed E-state index contributed by atoms with van der Waals surface area (Å²) in [6.45, 7) is 13.3. The van der Waals surface area contributed by atoms with Crippen LogP contribution in [0.5, 0.6) is 0 Å². The summed E-state index contributed by atoms with van der Waals surface area (Å²) in [6.07, 6.45) is 5.26. The summed E-state index contributed by atoms with van der Waals surface area (Å²) >= 11 is 0. The summed E-state index contributed by atoms with van der Waals surface area (Å²) in [5.41, 5.74) is 0.565. The molecule has 1 rings (SSSR count). The minimum Gasteiger partial charge on any atom is -0.317 e. The van der Waals surface area contributed by atoms with Crippen LogP contribution in [0.1, 0.15) is 46.5 Å². The predicted molar refractivity (Wildman–Crippen MR) is 67.2 cm³/mol. The Kier molecular flexibility index (Phi) is 5.62. The summed E-state index contributed by atoms with van der Waals surface area (Å²) in [6, 6.07) is 0. The van der Waals surface area contributed by atoms with Gasteiger partial charge in [-0.3, -0.25) is 0 Å². The van der Waals surface area contributed by atoms with Crippen LogP contribution in [-0.4, -0.2) is 37.6 Å². The van der Waals surface area contributed by atoms with E-state index < -0.39 is 0 Å². The van der Waals surface area contributed by atoms with Crippen molar-refractivity contribution in [3.8, 4) is 0 Å². The number of hydrogen-bond donors (Lipinski definition) is 1. The molecule has 0 unspecified atom stereocenters. The Morgan fingerprint density at radius 3 is 2.07 bits per heavy atom. The fraction of sp³-hybridized carbons (Fsp3) is 1.00. The van der Waals surface area contributed by atoms with Crippen LogP contribution in [0.15, 0.2) is 0 Å². The van der Waals surface area contributed by atoms with Gasteiger partial charge in [0.15, 0.2) is 0 Å². The van der Waals surface area contributed by atoms with Gasteiger partial charge in [0.1, 0.15) is 0 Å². The molecule has 0 aromatic rings. The maximum Gasteiger partial charge on any atom is 0.00363 e. The zero-order chi connectivity index (χ0) is 11.1. The van der Waals surface area contributed by atoms with E-state index in [2.05, 4.69) is 31.0 Å². The Bertz CT molecular complexity index is 156. The molecule has 0 aromatic carbocycles. The second-order valence-corrected chi connectivity index (χ2v) is 5.34. The quantitative estimate of drug-likeness (QED) is 0.728. The van der Waals surface area contributed by atoms with Crippen LogP contribution in [0.25, 0.3) is 0 Å². The molecule has 1 aliphatic rings. The molecule has 1 aliphatic heterocycles. The number of hydrogen-bond acceptors (Lipinski definition) is 2. The second-order valence-electron chi connectivity index (χ2n) is 5.34. The van der Waals surface area contributed by atoms with Crippen molar-refractivity contribution in [2.24, 2.45) is 5.41 Å². The van der Waals surface area contributed by atoms with Crippen molar-refractivity contribution >= 4 is 0 Å². The molecule has 0 aliphatic carbocycles. The first-order valence-electron chi connectivity index (χ1n) is 6.63. The molecule has 1 N–H and O–H groups in total. The molecule has 0 bridgehead atoms. The Morgan fingerprint density at radius 2 is 1.60 bits per heavy atom. The van der Waals surface area contributed by atoms with Gasteiger partial charge in [-0.05, 0) is 57.3 Å². The molecule has 0 spiro atoms. The van der Waals surface area contributed by atoms with Crippen molar-refractivity contribution in [2.45, 2.75) is 46.5 Å². The highest BCUT2D eigenvalue weighted by Crippen LogP contribution is 2.29. The van der Waals surface area contributed by atoms with Crippen LogP contribution in [0.3, 0.4) is 0 Å². The molecule has 2 heteroatoms. The molecule has 1 saturated heterocycles. The lowest BCUT2D eigenvalue weighted by Gasteiger charge is -2.38. The summed E-state index contributed by atoms with van der Waals surface area (Å²) in [7, 11) is 0. The lowest BCUT2D eigenvalue weighted by atomic mass is 9.80. The highest BCUT2D eigenvalue weighted by atomic mass is 15.1. The average Bonchev–Trinajstić information content (AvgIpc) is 2.19. The number of piperidine rings is 1. The maximum absolute atomic E-state index is 3.46. The van der Waals surface area contributed by atoms with Gasteiger partial charge in [-0.25, -0.2) is 0 Å². The fourth-order valence-electron chi connectivity index (χ4n) is 2.63. The van der Waals surface area contributed by atoms with Gasteiger partial charge in [0, 0.05) is 6.54 Å². The first kappa shape index (κ1) is 13.0. The van der Waals surface area contributed by atoms with E-state index in [1.807, 2.05) is 0 Å². The van der Waals surface area contributed by atoms with Gasteiger partial charge in [-0.2, -0.15) is 0 Å². The molecule has 1 fully saturated rings.